The van der Waals surface area contributed by atoms with Crippen molar-refractivity contribution in [1.29, 1.82) is 0 Å². The van der Waals surface area contributed by atoms with E-state index in [0.29, 0.717) is 5.92 Å². The molecule has 5 nitrogen and oxygen atoms in total. The van der Waals surface area contributed by atoms with E-state index in [0.717, 1.165) is 31.4 Å². The topological polar surface area (TPSA) is 55.6 Å². The maximum atomic E-state index is 4.09. The molecule has 0 spiro atoms. The van der Waals surface area contributed by atoms with Gasteiger partial charge in [-0.3, -0.25) is 0 Å². The van der Waals surface area contributed by atoms with Gasteiger partial charge in [0.1, 0.15) is 0 Å². The Morgan fingerprint density at radius 3 is 2.82 bits per heavy atom. The maximum absolute atomic E-state index is 4.09. The molecule has 0 saturated heterocycles. The fraction of sp³-hybridized carbons (Fsp3) is 0.917. The van der Waals surface area contributed by atoms with Gasteiger partial charge >= 0.3 is 0 Å². The van der Waals surface area contributed by atoms with Crippen molar-refractivity contribution in [3.8, 4) is 0 Å². The van der Waals surface area contributed by atoms with Crippen LogP contribution < -0.4 is 5.32 Å². The predicted octanol–water partition coefficient (Wildman–Crippen LogP) is 1.61. The first-order valence-electron chi connectivity index (χ1n) is 6.71. The molecule has 1 fully saturated rings. The molecule has 1 heterocycles. The monoisotopic (exact) mass is 237 g/mol. The molecule has 1 aliphatic carbocycles. The van der Waals surface area contributed by atoms with Gasteiger partial charge in [-0.05, 0) is 41.6 Å². The smallest absolute Gasteiger partial charge is 0.165 e. The third kappa shape index (κ3) is 3.77. The van der Waals surface area contributed by atoms with Crippen LogP contribution in [-0.2, 0) is 13.1 Å². The van der Waals surface area contributed by atoms with Gasteiger partial charge in [0.05, 0.1) is 6.54 Å². The number of nitrogens with one attached hydrogen (secondary N) is 1. The molecule has 17 heavy (non-hydrogen) atoms. The molecular weight excluding hydrogens is 214 g/mol. The summed E-state index contributed by atoms with van der Waals surface area (Å²) in [7, 11) is 0. The lowest BCUT2D eigenvalue weighted by atomic mass is 10.1. The minimum Gasteiger partial charge on any atom is -0.310 e. The van der Waals surface area contributed by atoms with E-state index in [-0.39, 0.29) is 0 Å². The highest BCUT2D eigenvalue weighted by Gasteiger charge is 2.17. The Hall–Kier alpha value is -0.970. The third-order valence-electron chi connectivity index (χ3n) is 3.35. The van der Waals surface area contributed by atoms with Crippen LogP contribution in [0.2, 0.25) is 0 Å². The van der Waals surface area contributed by atoms with Crippen LogP contribution in [0.15, 0.2) is 0 Å². The summed E-state index contributed by atoms with van der Waals surface area (Å²) in [5.41, 5.74) is 0. The number of aromatic nitrogens is 4. The molecule has 0 aromatic carbocycles. The summed E-state index contributed by atoms with van der Waals surface area (Å²) in [5.74, 6) is 2.41. The molecule has 0 radical (unpaired) electrons. The lowest BCUT2D eigenvalue weighted by molar-refractivity contribution is 0.405. The molecule has 1 saturated carbocycles. The van der Waals surface area contributed by atoms with Gasteiger partial charge < -0.3 is 5.32 Å². The van der Waals surface area contributed by atoms with E-state index in [1.165, 1.54) is 25.7 Å². The zero-order valence-electron chi connectivity index (χ0n) is 10.9. The van der Waals surface area contributed by atoms with Crippen molar-refractivity contribution in [2.24, 2.45) is 11.8 Å². The highest BCUT2D eigenvalue weighted by Crippen LogP contribution is 2.25. The van der Waals surface area contributed by atoms with E-state index >= 15 is 0 Å². The molecule has 0 amide bonds. The Morgan fingerprint density at radius 2 is 2.12 bits per heavy atom. The summed E-state index contributed by atoms with van der Waals surface area (Å²) in [6, 6.07) is 0. The van der Waals surface area contributed by atoms with Gasteiger partial charge in [-0.1, -0.05) is 26.7 Å². The number of hydrogen-bond acceptors (Lipinski definition) is 4. The van der Waals surface area contributed by atoms with E-state index in [4.69, 9.17) is 0 Å². The Morgan fingerprint density at radius 1 is 1.35 bits per heavy atom. The van der Waals surface area contributed by atoms with Crippen molar-refractivity contribution in [2.75, 3.05) is 6.54 Å². The fourth-order valence-corrected chi connectivity index (χ4v) is 2.40. The third-order valence-corrected chi connectivity index (χ3v) is 3.35. The second-order valence-electron chi connectivity index (χ2n) is 5.45. The molecule has 0 unspecified atom stereocenters. The summed E-state index contributed by atoms with van der Waals surface area (Å²) >= 11 is 0. The van der Waals surface area contributed by atoms with Crippen molar-refractivity contribution in [1.82, 2.24) is 25.5 Å². The van der Waals surface area contributed by atoms with Crippen molar-refractivity contribution in [2.45, 2.75) is 52.6 Å². The highest BCUT2D eigenvalue weighted by molar-refractivity contribution is 4.81. The van der Waals surface area contributed by atoms with Crippen molar-refractivity contribution in [3.05, 3.63) is 5.82 Å². The Labute approximate surface area is 103 Å². The van der Waals surface area contributed by atoms with Crippen molar-refractivity contribution >= 4 is 0 Å². The van der Waals surface area contributed by atoms with Crippen molar-refractivity contribution < 1.29 is 0 Å². The Bertz CT molecular complexity index is 327. The molecule has 0 bridgehead atoms. The number of hydrogen-bond donors (Lipinski definition) is 1. The Balaban J connectivity index is 1.83. The summed E-state index contributed by atoms with van der Waals surface area (Å²) in [6.45, 7) is 7.18. The molecule has 1 aliphatic rings. The van der Waals surface area contributed by atoms with E-state index in [1.54, 1.807) is 0 Å². The fourth-order valence-electron chi connectivity index (χ4n) is 2.40. The maximum Gasteiger partial charge on any atom is 0.165 e. The summed E-state index contributed by atoms with van der Waals surface area (Å²) in [4.78, 5) is 0. The predicted molar refractivity (Wildman–Crippen MR) is 66.3 cm³/mol. The normalized spacial score (nSPS) is 17.1. The van der Waals surface area contributed by atoms with Crippen LogP contribution >= 0.6 is 0 Å². The van der Waals surface area contributed by atoms with Gasteiger partial charge in [0, 0.05) is 6.54 Å². The SMILES string of the molecule is CC(C)CNCc1nnnn1CC1CCCC1. The summed E-state index contributed by atoms with van der Waals surface area (Å²) in [6.07, 6.45) is 5.40. The van der Waals surface area contributed by atoms with Crippen LogP contribution in [0.1, 0.15) is 45.4 Å². The average molecular weight is 237 g/mol. The molecule has 1 N–H and O–H groups in total. The summed E-state index contributed by atoms with van der Waals surface area (Å²) in [5, 5.41) is 15.4. The second-order valence-corrected chi connectivity index (χ2v) is 5.45. The van der Waals surface area contributed by atoms with Crippen LogP contribution in [0.25, 0.3) is 0 Å². The quantitative estimate of drug-likeness (QED) is 0.816. The molecule has 0 atom stereocenters. The Kier molecular flexibility index (Phi) is 4.48. The van der Waals surface area contributed by atoms with Gasteiger partial charge in [-0.15, -0.1) is 5.10 Å². The van der Waals surface area contributed by atoms with E-state index in [1.807, 2.05) is 4.68 Å². The van der Waals surface area contributed by atoms with Crippen LogP contribution in [0.4, 0.5) is 0 Å². The average Bonchev–Trinajstić information content (AvgIpc) is 2.91. The largest absolute Gasteiger partial charge is 0.310 e. The number of tetrazole rings is 1. The van der Waals surface area contributed by atoms with Gasteiger partial charge in [-0.25, -0.2) is 4.68 Å². The van der Waals surface area contributed by atoms with Gasteiger partial charge in [0.2, 0.25) is 0 Å². The van der Waals surface area contributed by atoms with E-state index < -0.39 is 0 Å². The molecule has 2 rings (SSSR count). The van der Waals surface area contributed by atoms with Crippen LogP contribution in [-0.4, -0.2) is 26.8 Å². The van der Waals surface area contributed by atoms with Crippen LogP contribution in [0, 0.1) is 11.8 Å². The summed E-state index contributed by atoms with van der Waals surface area (Å²) < 4.78 is 1.98. The number of rotatable bonds is 6. The molecule has 0 aliphatic heterocycles. The van der Waals surface area contributed by atoms with Crippen LogP contribution in [0.5, 0.6) is 0 Å². The lowest BCUT2D eigenvalue weighted by Gasteiger charge is -2.11. The second kappa shape index (κ2) is 6.10. The molecule has 1 aromatic heterocycles. The first kappa shape index (κ1) is 12.5. The van der Waals surface area contributed by atoms with Crippen molar-refractivity contribution in [3.63, 3.8) is 0 Å². The first-order chi connectivity index (χ1) is 8.25. The molecule has 96 valence electrons. The van der Waals surface area contributed by atoms with E-state index in [2.05, 4.69) is 34.7 Å². The molecule has 1 aromatic rings. The lowest BCUT2D eigenvalue weighted by Crippen LogP contribution is -2.22. The molecule has 5 heteroatoms. The number of nitrogens with zero attached hydrogens (tertiary/aromatic N) is 4. The van der Waals surface area contributed by atoms with E-state index in [9.17, 15) is 0 Å². The minimum atomic E-state index is 0.661. The minimum absolute atomic E-state index is 0.661. The van der Waals surface area contributed by atoms with Crippen LogP contribution in [0.3, 0.4) is 0 Å². The molecular formula is C12H23N5. The van der Waals surface area contributed by atoms with Gasteiger partial charge in [0.25, 0.3) is 0 Å². The van der Waals surface area contributed by atoms with Gasteiger partial charge in [-0.2, -0.15) is 0 Å². The first-order valence-corrected chi connectivity index (χ1v) is 6.71. The zero-order chi connectivity index (χ0) is 12.1. The standard InChI is InChI=1S/C12H23N5/c1-10(2)7-13-8-12-14-15-16-17(12)9-11-5-3-4-6-11/h10-11,13H,3-9H2,1-2H3. The zero-order valence-corrected chi connectivity index (χ0v) is 10.9. The highest BCUT2D eigenvalue weighted by atomic mass is 15.5. The van der Waals surface area contributed by atoms with Gasteiger partial charge in [0.15, 0.2) is 5.82 Å².